The van der Waals surface area contributed by atoms with Crippen molar-refractivity contribution in [2.24, 2.45) is 0 Å². The molecule has 1 aromatic heterocycles. The molecule has 1 heterocycles. The van der Waals surface area contributed by atoms with Gasteiger partial charge >= 0.3 is 12.1 Å². The number of nitriles is 1. The van der Waals surface area contributed by atoms with Crippen LogP contribution in [0, 0.1) is 11.3 Å². The van der Waals surface area contributed by atoms with E-state index < -0.39 is 18.0 Å². The van der Waals surface area contributed by atoms with Crippen molar-refractivity contribution in [3.05, 3.63) is 41.7 Å². The number of H-pyrrole nitrogens is 1. The lowest BCUT2D eigenvalue weighted by atomic mass is 10.2. The molecule has 0 unspecified atom stereocenters. The van der Waals surface area contributed by atoms with Crippen LogP contribution in [0.25, 0.3) is 10.9 Å². The van der Waals surface area contributed by atoms with Crippen LogP contribution in [0.15, 0.2) is 36.0 Å². The minimum atomic E-state index is -0.956. The first kappa shape index (κ1) is 19.5. The van der Waals surface area contributed by atoms with Crippen molar-refractivity contribution in [3.8, 4) is 6.07 Å². The van der Waals surface area contributed by atoms with E-state index in [1.807, 2.05) is 5.32 Å². The van der Waals surface area contributed by atoms with E-state index in [9.17, 15) is 19.6 Å². The van der Waals surface area contributed by atoms with E-state index in [4.69, 9.17) is 4.74 Å². The van der Waals surface area contributed by atoms with Gasteiger partial charge in [-0.1, -0.05) is 18.2 Å². The number of nitrogens with zero attached hydrogens (tertiary/aromatic N) is 1. The zero-order chi connectivity index (χ0) is 19.8. The molecule has 2 rings (SSSR count). The number of alkyl carbamates (subject to hydrolysis) is 1. The van der Waals surface area contributed by atoms with E-state index in [1.165, 1.54) is 0 Å². The summed E-state index contributed by atoms with van der Waals surface area (Å²) in [5.74, 6) is -1.51. The van der Waals surface area contributed by atoms with Crippen molar-refractivity contribution in [3.63, 3.8) is 0 Å². The SMILES string of the molecule is CCOC(=O)NC(=O)C(C#N)=CNc1c(C(=O)OCC)[nH]c2ccccc12. The number of nitrogens with one attached hydrogen (secondary N) is 3. The lowest BCUT2D eigenvalue weighted by molar-refractivity contribution is -0.116. The van der Waals surface area contributed by atoms with Gasteiger partial charge in [-0.3, -0.25) is 10.1 Å². The number of aromatic nitrogens is 1. The first-order chi connectivity index (χ1) is 13.0. The molecule has 0 saturated carbocycles. The van der Waals surface area contributed by atoms with Gasteiger partial charge < -0.3 is 19.8 Å². The van der Waals surface area contributed by atoms with Gasteiger partial charge in [0.25, 0.3) is 5.91 Å². The number of hydrogen-bond donors (Lipinski definition) is 3. The Hall–Kier alpha value is -3.80. The topological polar surface area (TPSA) is 133 Å². The average molecular weight is 370 g/mol. The van der Waals surface area contributed by atoms with Gasteiger partial charge in [0.2, 0.25) is 0 Å². The van der Waals surface area contributed by atoms with Crippen molar-refractivity contribution in [2.45, 2.75) is 13.8 Å². The molecule has 1 aromatic carbocycles. The fourth-order valence-electron chi connectivity index (χ4n) is 2.27. The summed E-state index contributed by atoms with van der Waals surface area (Å²) in [4.78, 5) is 38.4. The number of carbonyl (C=O) groups excluding carboxylic acids is 3. The van der Waals surface area contributed by atoms with E-state index in [-0.39, 0.29) is 24.5 Å². The Balaban J connectivity index is 2.33. The molecule has 0 aliphatic rings. The summed E-state index contributed by atoms with van der Waals surface area (Å²) in [6, 6.07) is 8.78. The third kappa shape index (κ3) is 4.64. The highest BCUT2D eigenvalue weighted by molar-refractivity contribution is 6.08. The average Bonchev–Trinajstić information content (AvgIpc) is 3.01. The number of imide groups is 1. The van der Waals surface area contributed by atoms with Gasteiger partial charge in [-0.15, -0.1) is 0 Å². The van der Waals surface area contributed by atoms with E-state index in [1.54, 1.807) is 44.2 Å². The number of para-hydroxylation sites is 1. The van der Waals surface area contributed by atoms with Crippen LogP contribution in [0.3, 0.4) is 0 Å². The van der Waals surface area contributed by atoms with Crippen molar-refractivity contribution in [1.29, 1.82) is 5.26 Å². The molecule has 0 spiro atoms. The summed E-state index contributed by atoms with van der Waals surface area (Å²) in [6.07, 6.45) is 0.148. The van der Waals surface area contributed by atoms with Crippen LogP contribution in [0.4, 0.5) is 10.5 Å². The molecule has 0 bridgehead atoms. The van der Waals surface area contributed by atoms with Crippen molar-refractivity contribution in [1.82, 2.24) is 10.3 Å². The number of benzene rings is 1. The normalized spacial score (nSPS) is 10.8. The lowest BCUT2D eigenvalue weighted by Gasteiger charge is -2.06. The Bertz CT molecular complexity index is 939. The zero-order valence-corrected chi connectivity index (χ0v) is 14.8. The molecule has 0 fully saturated rings. The Kier molecular flexibility index (Phi) is 6.55. The Labute approximate surface area is 154 Å². The molecule has 140 valence electrons. The fraction of sp³-hybridized carbons (Fsp3) is 0.222. The Morgan fingerprint density at radius 3 is 2.56 bits per heavy atom. The number of hydrogen-bond acceptors (Lipinski definition) is 7. The number of ether oxygens (including phenoxy) is 2. The van der Waals surface area contributed by atoms with Crippen LogP contribution in [-0.2, 0) is 14.3 Å². The van der Waals surface area contributed by atoms with Gasteiger partial charge in [-0.25, -0.2) is 9.59 Å². The second-order valence-electron chi connectivity index (χ2n) is 5.13. The van der Waals surface area contributed by atoms with Gasteiger partial charge in [-0.05, 0) is 19.9 Å². The van der Waals surface area contributed by atoms with Gasteiger partial charge in [-0.2, -0.15) is 5.26 Å². The summed E-state index contributed by atoms with van der Waals surface area (Å²) < 4.78 is 9.62. The highest BCUT2D eigenvalue weighted by Crippen LogP contribution is 2.28. The van der Waals surface area contributed by atoms with Crippen LogP contribution < -0.4 is 10.6 Å². The molecule has 9 heteroatoms. The molecule has 9 nitrogen and oxygen atoms in total. The highest BCUT2D eigenvalue weighted by Gasteiger charge is 2.19. The fourth-order valence-corrected chi connectivity index (χ4v) is 2.27. The van der Waals surface area contributed by atoms with Crippen LogP contribution >= 0.6 is 0 Å². The van der Waals surface area contributed by atoms with Crippen molar-refractivity contribution >= 4 is 34.6 Å². The molecule has 0 atom stereocenters. The molecule has 3 N–H and O–H groups in total. The van der Waals surface area contributed by atoms with Gasteiger partial charge in [0.15, 0.2) is 0 Å². The number of esters is 1. The summed E-state index contributed by atoms with van der Waals surface area (Å²) in [6.45, 7) is 3.54. The second-order valence-corrected chi connectivity index (χ2v) is 5.13. The smallest absolute Gasteiger partial charge is 0.414 e. The molecule has 27 heavy (non-hydrogen) atoms. The van der Waals surface area contributed by atoms with E-state index in [2.05, 4.69) is 15.0 Å². The zero-order valence-electron chi connectivity index (χ0n) is 14.8. The minimum absolute atomic E-state index is 0.0845. The molecule has 0 radical (unpaired) electrons. The number of carbonyl (C=O) groups is 3. The predicted molar refractivity (Wildman–Crippen MR) is 96.7 cm³/mol. The molecular formula is C18H18N4O5. The molecule has 0 aliphatic heterocycles. The third-order valence-corrected chi connectivity index (χ3v) is 3.40. The van der Waals surface area contributed by atoms with Crippen molar-refractivity contribution < 1.29 is 23.9 Å². The Morgan fingerprint density at radius 1 is 1.19 bits per heavy atom. The first-order valence-electron chi connectivity index (χ1n) is 8.14. The summed E-state index contributed by atoms with van der Waals surface area (Å²) in [5, 5.41) is 14.5. The van der Waals surface area contributed by atoms with Crippen LogP contribution in [0.2, 0.25) is 0 Å². The van der Waals surface area contributed by atoms with Crippen molar-refractivity contribution in [2.75, 3.05) is 18.5 Å². The summed E-state index contributed by atoms with van der Waals surface area (Å²) in [5.41, 5.74) is 0.798. The van der Waals surface area contributed by atoms with Crippen LogP contribution in [-0.4, -0.2) is 36.2 Å². The number of aromatic amines is 1. The highest BCUT2D eigenvalue weighted by atomic mass is 16.5. The molecule has 2 aromatic rings. The minimum Gasteiger partial charge on any atom is -0.461 e. The number of amides is 2. The number of fused-ring (bicyclic) bond motifs is 1. The van der Waals surface area contributed by atoms with E-state index in [0.29, 0.717) is 16.6 Å². The van der Waals surface area contributed by atoms with Gasteiger partial charge in [0, 0.05) is 17.1 Å². The standard InChI is InChI=1S/C18H18N4O5/c1-3-26-17(24)15-14(12-7-5-6-8-13(12)21-15)20-10-11(9-19)16(23)22-18(25)27-4-2/h5-8,10,20-21H,3-4H2,1-2H3,(H,22,23,25). The maximum atomic E-state index is 12.2. The van der Waals surface area contributed by atoms with Gasteiger partial charge in [0.1, 0.15) is 17.3 Å². The maximum absolute atomic E-state index is 12.2. The molecule has 0 saturated heterocycles. The number of rotatable bonds is 6. The van der Waals surface area contributed by atoms with Gasteiger partial charge in [0.05, 0.1) is 18.9 Å². The Morgan fingerprint density at radius 2 is 1.89 bits per heavy atom. The maximum Gasteiger partial charge on any atom is 0.414 e. The predicted octanol–water partition coefficient (Wildman–Crippen LogP) is 2.44. The van der Waals surface area contributed by atoms with E-state index in [0.717, 1.165) is 6.20 Å². The molecular weight excluding hydrogens is 352 g/mol. The monoisotopic (exact) mass is 370 g/mol. The molecule has 0 aliphatic carbocycles. The third-order valence-electron chi connectivity index (χ3n) is 3.40. The van der Waals surface area contributed by atoms with Crippen LogP contribution in [0.1, 0.15) is 24.3 Å². The summed E-state index contributed by atoms with van der Waals surface area (Å²) in [7, 11) is 0. The largest absolute Gasteiger partial charge is 0.461 e. The summed E-state index contributed by atoms with van der Waals surface area (Å²) >= 11 is 0. The van der Waals surface area contributed by atoms with Crippen LogP contribution in [0.5, 0.6) is 0 Å². The molecule has 2 amide bonds. The second kappa shape index (κ2) is 9.05. The van der Waals surface area contributed by atoms with E-state index >= 15 is 0 Å². The number of anilines is 1. The quantitative estimate of drug-likeness (QED) is 0.404. The lowest BCUT2D eigenvalue weighted by Crippen LogP contribution is -2.32. The first-order valence-corrected chi connectivity index (χ1v) is 8.14.